The van der Waals surface area contributed by atoms with Gasteiger partial charge in [0.15, 0.2) is 11.5 Å². The van der Waals surface area contributed by atoms with Gasteiger partial charge in [0.1, 0.15) is 0 Å². The summed E-state index contributed by atoms with van der Waals surface area (Å²) in [5.41, 5.74) is -1.99. The number of halogens is 2. The number of hydrogen-bond acceptors (Lipinski definition) is 6. The zero-order chi connectivity index (χ0) is 26.9. The van der Waals surface area contributed by atoms with Crippen molar-refractivity contribution in [1.82, 2.24) is 4.90 Å². The monoisotopic (exact) mass is 521 g/mol. The highest BCUT2D eigenvalue weighted by Gasteiger charge is 2.67. The number of aliphatic hydroxyl groups excluding tert-OH is 2. The molecule has 4 aliphatic rings. The minimum absolute atomic E-state index is 0.00721. The van der Waals surface area contributed by atoms with Crippen molar-refractivity contribution in [3.8, 4) is 0 Å². The molecule has 9 heteroatoms. The van der Waals surface area contributed by atoms with Crippen LogP contribution in [0, 0.1) is 28.6 Å². The summed E-state index contributed by atoms with van der Waals surface area (Å²) in [5.74, 6) is -1.59. The van der Waals surface area contributed by atoms with E-state index >= 15 is 0 Å². The van der Waals surface area contributed by atoms with Crippen LogP contribution in [0.3, 0.4) is 0 Å². The van der Waals surface area contributed by atoms with Crippen LogP contribution in [0.25, 0.3) is 0 Å². The Balaban J connectivity index is 1.49. The van der Waals surface area contributed by atoms with Gasteiger partial charge in [-0.15, -0.1) is 0 Å². The lowest BCUT2D eigenvalue weighted by atomic mass is 9.46. The second-order valence-corrected chi connectivity index (χ2v) is 12.2. The molecule has 0 saturated heterocycles. The van der Waals surface area contributed by atoms with Gasteiger partial charge in [0.2, 0.25) is 0 Å². The number of alkyl halides is 2. The summed E-state index contributed by atoms with van der Waals surface area (Å²) in [6, 6.07) is 2.39. The summed E-state index contributed by atoms with van der Waals surface area (Å²) in [6.45, 7) is 4.95. The van der Waals surface area contributed by atoms with Crippen molar-refractivity contribution in [2.24, 2.45) is 28.6 Å². The van der Waals surface area contributed by atoms with E-state index in [4.69, 9.17) is 4.42 Å². The lowest BCUT2D eigenvalue weighted by Gasteiger charge is -2.60. The number of aliphatic hydroxyl groups is 3. The van der Waals surface area contributed by atoms with Crippen LogP contribution < -0.4 is 0 Å². The third kappa shape index (κ3) is 3.83. The highest BCUT2D eigenvalue weighted by Crippen LogP contribution is 2.67. The third-order valence-corrected chi connectivity index (χ3v) is 10.6. The van der Waals surface area contributed by atoms with Gasteiger partial charge in [0.05, 0.1) is 30.6 Å². The van der Waals surface area contributed by atoms with Crippen LogP contribution >= 0.6 is 0 Å². The molecule has 0 spiro atoms. The summed E-state index contributed by atoms with van der Waals surface area (Å²) in [7, 11) is 0. The van der Waals surface area contributed by atoms with E-state index in [0.717, 1.165) is 4.90 Å². The fraction of sp³-hybridized carbons (Fsp3) is 0.714. The molecule has 3 unspecified atom stereocenters. The Bertz CT molecular complexity index is 1090. The zero-order valence-corrected chi connectivity index (χ0v) is 21.6. The molecule has 3 N–H and O–H groups in total. The van der Waals surface area contributed by atoms with Crippen molar-refractivity contribution in [2.45, 2.75) is 89.6 Å². The van der Waals surface area contributed by atoms with E-state index in [9.17, 15) is 33.7 Å². The molecule has 0 bridgehead atoms. The van der Waals surface area contributed by atoms with Gasteiger partial charge in [-0.05, 0) is 86.5 Å². The van der Waals surface area contributed by atoms with Crippen molar-refractivity contribution in [3.05, 3.63) is 35.8 Å². The molecule has 0 radical (unpaired) electrons. The van der Waals surface area contributed by atoms with Gasteiger partial charge < -0.3 is 24.6 Å². The summed E-state index contributed by atoms with van der Waals surface area (Å²) in [6.07, 6.45) is 0.896. The van der Waals surface area contributed by atoms with Crippen LogP contribution in [0.5, 0.6) is 0 Å². The maximum Gasteiger partial charge on any atom is 0.289 e. The number of ketones is 1. The Morgan fingerprint density at radius 3 is 2.57 bits per heavy atom. The Morgan fingerprint density at radius 1 is 1.19 bits per heavy atom. The molecule has 0 aliphatic heterocycles. The van der Waals surface area contributed by atoms with Crippen molar-refractivity contribution in [2.75, 3.05) is 6.54 Å². The van der Waals surface area contributed by atoms with Crippen LogP contribution in [0.1, 0.15) is 69.9 Å². The lowest BCUT2D eigenvalue weighted by Crippen LogP contribution is -2.61. The van der Waals surface area contributed by atoms with E-state index in [1.54, 1.807) is 13.0 Å². The van der Waals surface area contributed by atoms with Crippen molar-refractivity contribution < 1.29 is 38.1 Å². The van der Waals surface area contributed by atoms with E-state index in [1.807, 2.05) is 13.8 Å². The number of furan rings is 1. The predicted molar refractivity (Wildman–Crippen MR) is 130 cm³/mol. The molecule has 7 nitrogen and oxygen atoms in total. The Morgan fingerprint density at radius 2 is 1.92 bits per heavy atom. The van der Waals surface area contributed by atoms with Gasteiger partial charge in [-0.2, -0.15) is 0 Å². The molecule has 3 fully saturated rings. The van der Waals surface area contributed by atoms with E-state index < -0.39 is 59.5 Å². The first kappa shape index (κ1) is 26.5. The van der Waals surface area contributed by atoms with E-state index in [2.05, 4.69) is 0 Å². The second kappa shape index (κ2) is 8.99. The van der Waals surface area contributed by atoms with Crippen LogP contribution in [-0.2, 0) is 4.79 Å². The summed E-state index contributed by atoms with van der Waals surface area (Å²) >= 11 is 0. The van der Waals surface area contributed by atoms with Crippen molar-refractivity contribution in [1.29, 1.82) is 0 Å². The minimum Gasteiger partial charge on any atom is -0.459 e. The summed E-state index contributed by atoms with van der Waals surface area (Å²) < 4.78 is 32.4. The van der Waals surface area contributed by atoms with Gasteiger partial charge >= 0.3 is 0 Å². The minimum atomic E-state index is -2.73. The van der Waals surface area contributed by atoms with Gasteiger partial charge in [-0.1, -0.05) is 13.8 Å². The Hall–Kier alpha value is -2.10. The van der Waals surface area contributed by atoms with E-state index in [0.29, 0.717) is 31.3 Å². The largest absolute Gasteiger partial charge is 0.459 e. The highest BCUT2D eigenvalue weighted by molar-refractivity contribution is 5.95. The Kier molecular flexibility index (Phi) is 6.44. The molecule has 3 saturated carbocycles. The number of hydrogen-bond donors (Lipinski definition) is 3. The van der Waals surface area contributed by atoms with E-state index in [1.165, 1.54) is 18.4 Å². The maximum atomic E-state index is 13.6. The van der Waals surface area contributed by atoms with Crippen LogP contribution in [0.15, 0.2) is 34.5 Å². The first-order valence-corrected chi connectivity index (χ1v) is 13.3. The zero-order valence-electron chi connectivity index (χ0n) is 21.6. The Labute approximate surface area is 215 Å². The van der Waals surface area contributed by atoms with Crippen molar-refractivity contribution in [3.63, 3.8) is 0 Å². The lowest BCUT2D eigenvalue weighted by molar-refractivity contribution is -0.153. The maximum absolute atomic E-state index is 13.6. The van der Waals surface area contributed by atoms with Gasteiger partial charge in [-0.3, -0.25) is 9.59 Å². The summed E-state index contributed by atoms with van der Waals surface area (Å²) in [5, 5.41) is 33.0. The molecule has 204 valence electrons. The predicted octanol–water partition coefficient (Wildman–Crippen LogP) is 3.58. The number of carbonyl (C=O) groups excluding carboxylic acids is 2. The number of rotatable bonds is 5. The average molecular weight is 522 g/mol. The molecule has 1 heterocycles. The molecule has 0 aromatic carbocycles. The van der Waals surface area contributed by atoms with Crippen molar-refractivity contribution >= 4 is 11.7 Å². The standard InChI is InChI=1S/C28H37F2NO6/c1-15(31(14-24(29)30)25(35)23-5-4-10-37-23)16-7-9-28(36)18-11-20(32)19-12-21(33)22(34)13-26(19,2)17(18)6-8-27(16,28)3/h4-5,10-11,15-17,19,21-22,24,33-34,36H,6-9,12-14H2,1-3H3/t15?,16?,17?,19-,21+,22-,26+,27+,28+/m0/s1. The number of amides is 1. The van der Waals surface area contributed by atoms with Crippen LogP contribution in [-0.4, -0.2) is 68.7 Å². The first-order valence-electron chi connectivity index (χ1n) is 13.3. The quantitative estimate of drug-likeness (QED) is 0.546. The molecule has 9 atom stereocenters. The highest BCUT2D eigenvalue weighted by atomic mass is 19.3. The molecule has 5 rings (SSSR count). The fourth-order valence-corrected chi connectivity index (χ4v) is 8.53. The normalized spacial score (nSPS) is 42.0. The number of allylic oxidation sites excluding steroid dienone is 1. The molecule has 4 aliphatic carbocycles. The topological polar surface area (TPSA) is 111 Å². The third-order valence-electron chi connectivity index (χ3n) is 10.6. The molecule has 1 aromatic rings. The molecule has 37 heavy (non-hydrogen) atoms. The molecule has 1 amide bonds. The number of carbonyl (C=O) groups is 2. The second-order valence-electron chi connectivity index (χ2n) is 12.2. The smallest absolute Gasteiger partial charge is 0.289 e. The molecule has 1 aromatic heterocycles. The fourth-order valence-electron chi connectivity index (χ4n) is 8.53. The van der Waals surface area contributed by atoms with Crippen LogP contribution in [0.4, 0.5) is 8.78 Å². The average Bonchev–Trinajstić information content (AvgIpc) is 3.45. The van der Waals surface area contributed by atoms with Gasteiger partial charge in [0.25, 0.3) is 12.3 Å². The van der Waals surface area contributed by atoms with Gasteiger partial charge in [-0.25, -0.2) is 8.78 Å². The summed E-state index contributed by atoms with van der Waals surface area (Å²) in [4.78, 5) is 27.6. The van der Waals surface area contributed by atoms with Crippen LogP contribution in [0.2, 0.25) is 0 Å². The SMILES string of the molecule is CC(C1CC[C@@]2(O)C3=CC(=O)[C@@H]4C[C@@H](O)[C@@H](O)C[C@]4(C)C3CC[C@]12C)N(CC(F)F)C(=O)c1ccco1. The first-order chi connectivity index (χ1) is 17.3. The molecular formula is C28H37F2NO6. The number of nitrogens with zero attached hydrogens (tertiary/aromatic N) is 1. The number of fused-ring (bicyclic) bond motifs is 5. The van der Waals surface area contributed by atoms with E-state index in [-0.39, 0.29) is 36.2 Å². The molecular weight excluding hydrogens is 484 g/mol. The van der Waals surface area contributed by atoms with Gasteiger partial charge in [0, 0.05) is 17.4 Å².